The Bertz CT molecular complexity index is 1630. The van der Waals surface area contributed by atoms with Crippen LogP contribution in [0.4, 0.5) is 5.82 Å². The van der Waals surface area contributed by atoms with Gasteiger partial charge in [0.1, 0.15) is 11.5 Å². The molecular formula is C27H28ClN7O4S. The molecule has 0 atom stereocenters. The Morgan fingerprint density at radius 1 is 1.07 bits per heavy atom. The van der Waals surface area contributed by atoms with E-state index in [-0.39, 0.29) is 17.4 Å². The summed E-state index contributed by atoms with van der Waals surface area (Å²) < 4.78 is 2.99. The maximum Gasteiger partial charge on any atom is 0.270 e. The summed E-state index contributed by atoms with van der Waals surface area (Å²) in [5.74, 6) is -0.927. The second kappa shape index (κ2) is 11.5. The van der Waals surface area contributed by atoms with Crippen molar-refractivity contribution in [3.05, 3.63) is 79.9 Å². The van der Waals surface area contributed by atoms with Gasteiger partial charge in [0.05, 0.1) is 23.1 Å². The molecule has 208 valence electrons. The fraction of sp³-hybridized carbons (Fsp3) is 0.296. The highest BCUT2D eigenvalue weighted by molar-refractivity contribution is 7.16. The smallest absolute Gasteiger partial charge is 0.270 e. The van der Waals surface area contributed by atoms with Gasteiger partial charge in [-0.05, 0) is 24.3 Å². The van der Waals surface area contributed by atoms with Crippen LogP contribution in [0.1, 0.15) is 51.6 Å². The highest BCUT2D eigenvalue weighted by Gasteiger charge is 2.28. The zero-order chi connectivity index (χ0) is 29.2. The van der Waals surface area contributed by atoms with Crippen LogP contribution in [0.2, 0.25) is 4.34 Å². The van der Waals surface area contributed by atoms with Gasteiger partial charge in [-0.15, -0.1) is 11.3 Å². The number of amides is 1. The third-order valence-corrected chi connectivity index (χ3v) is 7.01. The van der Waals surface area contributed by atoms with Crippen molar-refractivity contribution < 1.29 is 14.4 Å². The van der Waals surface area contributed by atoms with Crippen molar-refractivity contribution in [3.63, 3.8) is 0 Å². The van der Waals surface area contributed by atoms with E-state index in [1.807, 2.05) is 6.07 Å². The number of halogens is 1. The Morgan fingerprint density at radius 2 is 1.77 bits per heavy atom. The molecule has 1 N–H and O–H groups in total. The average Bonchev–Trinajstić information content (AvgIpc) is 3.53. The minimum absolute atomic E-state index is 0.0174. The molecule has 0 unspecified atom stereocenters. The Hall–Kier alpha value is -4.16. The quantitative estimate of drug-likeness (QED) is 0.308. The van der Waals surface area contributed by atoms with Crippen molar-refractivity contribution in [1.82, 2.24) is 29.2 Å². The molecule has 0 radical (unpaired) electrons. The number of carbonyl (C=O) groups is 3. The summed E-state index contributed by atoms with van der Waals surface area (Å²) in [4.78, 5) is 62.6. The standard InChI is InChI=1S/C27H28ClN7O4S/c1-27(2,3)26(39)35-22(31-14-17-7-8-21(28)40-17)13-18(32-35)16-11-19(25(38)33(4)5)34(23(37)12-16)15-20(36)24-29-9-6-10-30-24/h6-13,31H,14-15H2,1-5H3. The molecule has 0 fully saturated rings. The molecule has 0 aromatic carbocycles. The second-order valence-corrected chi connectivity index (χ2v) is 12.0. The number of pyridine rings is 1. The number of aromatic nitrogens is 5. The number of hydrogen-bond donors (Lipinski definition) is 1. The van der Waals surface area contributed by atoms with Gasteiger partial charge < -0.3 is 10.2 Å². The Morgan fingerprint density at radius 3 is 2.38 bits per heavy atom. The van der Waals surface area contributed by atoms with Crippen molar-refractivity contribution in [2.24, 2.45) is 5.41 Å². The van der Waals surface area contributed by atoms with E-state index in [2.05, 4.69) is 20.4 Å². The summed E-state index contributed by atoms with van der Waals surface area (Å²) in [5, 5.41) is 7.74. The van der Waals surface area contributed by atoms with Gasteiger partial charge >= 0.3 is 0 Å². The molecule has 0 aliphatic carbocycles. The third-order valence-electron chi connectivity index (χ3n) is 5.78. The number of anilines is 1. The summed E-state index contributed by atoms with van der Waals surface area (Å²) in [7, 11) is 3.09. The number of carbonyl (C=O) groups excluding carboxylic acids is 3. The molecular weight excluding hydrogens is 554 g/mol. The molecule has 40 heavy (non-hydrogen) atoms. The summed E-state index contributed by atoms with van der Waals surface area (Å²) in [6.45, 7) is 5.31. The number of Topliss-reactive ketones (excluding diaryl/α,β-unsaturated/α-hetero) is 1. The molecule has 4 aromatic heterocycles. The minimum atomic E-state index is -0.749. The van der Waals surface area contributed by atoms with Gasteiger partial charge in [0, 0.05) is 54.5 Å². The van der Waals surface area contributed by atoms with Gasteiger partial charge in [0.2, 0.25) is 5.78 Å². The summed E-state index contributed by atoms with van der Waals surface area (Å²) in [5.41, 5.74) is -0.736. The highest BCUT2D eigenvalue weighted by Crippen LogP contribution is 2.28. The monoisotopic (exact) mass is 581 g/mol. The van der Waals surface area contributed by atoms with Crippen LogP contribution in [0.5, 0.6) is 0 Å². The van der Waals surface area contributed by atoms with Gasteiger partial charge in [-0.1, -0.05) is 32.4 Å². The van der Waals surface area contributed by atoms with Crippen LogP contribution in [0.3, 0.4) is 0 Å². The number of nitrogens with zero attached hydrogens (tertiary/aromatic N) is 6. The van der Waals surface area contributed by atoms with Crippen molar-refractivity contribution in [1.29, 1.82) is 0 Å². The number of ketones is 1. The molecule has 0 bridgehead atoms. The lowest BCUT2D eigenvalue weighted by Crippen LogP contribution is -2.34. The van der Waals surface area contributed by atoms with E-state index in [0.29, 0.717) is 28.0 Å². The average molecular weight is 582 g/mol. The van der Waals surface area contributed by atoms with E-state index in [0.717, 1.165) is 9.44 Å². The van der Waals surface area contributed by atoms with Crippen LogP contribution >= 0.6 is 22.9 Å². The molecule has 0 saturated heterocycles. The fourth-order valence-electron chi connectivity index (χ4n) is 3.72. The predicted molar refractivity (Wildman–Crippen MR) is 153 cm³/mol. The molecule has 0 aliphatic heterocycles. The van der Waals surface area contributed by atoms with E-state index < -0.39 is 29.2 Å². The van der Waals surface area contributed by atoms with Gasteiger partial charge in [0.15, 0.2) is 5.82 Å². The first-order valence-electron chi connectivity index (χ1n) is 12.2. The van der Waals surface area contributed by atoms with Crippen LogP contribution in [-0.2, 0) is 13.1 Å². The lowest BCUT2D eigenvalue weighted by molar-refractivity contribution is 0.0751. The van der Waals surface area contributed by atoms with Gasteiger partial charge in [-0.2, -0.15) is 9.78 Å². The first-order chi connectivity index (χ1) is 18.8. The summed E-state index contributed by atoms with van der Waals surface area (Å²) >= 11 is 7.46. The van der Waals surface area contributed by atoms with Crippen molar-refractivity contribution in [2.75, 3.05) is 19.4 Å². The fourth-order valence-corrected chi connectivity index (χ4v) is 4.74. The molecule has 13 heteroatoms. The van der Waals surface area contributed by atoms with E-state index in [1.165, 1.54) is 45.4 Å². The zero-order valence-electron chi connectivity index (χ0n) is 22.6. The van der Waals surface area contributed by atoms with Crippen LogP contribution in [0, 0.1) is 5.41 Å². The molecule has 4 heterocycles. The summed E-state index contributed by atoms with van der Waals surface area (Å²) in [6, 6.07) is 9.65. The predicted octanol–water partition coefficient (Wildman–Crippen LogP) is 4.10. The van der Waals surface area contributed by atoms with Crippen molar-refractivity contribution in [3.8, 4) is 11.3 Å². The van der Waals surface area contributed by atoms with Gasteiger partial charge in [-0.3, -0.25) is 23.7 Å². The van der Waals surface area contributed by atoms with Crippen LogP contribution < -0.4 is 10.9 Å². The van der Waals surface area contributed by atoms with Crippen molar-refractivity contribution >= 4 is 46.4 Å². The minimum Gasteiger partial charge on any atom is -0.365 e. The maximum absolute atomic E-state index is 13.3. The van der Waals surface area contributed by atoms with Gasteiger partial charge in [0.25, 0.3) is 17.4 Å². The van der Waals surface area contributed by atoms with Crippen LogP contribution in [-0.4, -0.2) is 60.9 Å². The maximum atomic E-state index is 13.3. The Kier molecular flexibility index (Phi) is 8.31. The number of thiophene rings is 1. The lowest BCUT2D eigenvalue weighted by Gasteiger charge is -2.18. The van der Waals surface area contributed by atoms with Crippen molar-refractivity contribution in [2.45, 2.75) is 33.9 Å². The number of hydrogen-bond acceptors (Lipinski definition) is 9. The largest absolute Gasteiger partial charge is 0.365 e. The topological polar surface area (TPSA) is 132 Å². The molecule has 0 spiro atoms. The van der Waals surface area contributed by atoms with Crippen LogP contribution in [0.15, 0.2) is 53.6 Å². The Labute approximate surface area is 239 Å². The van der Waals surface area contributed by atoms with Gasteiger partial charge in [-0.25, -0.2) is 9.97 Å². The molecule has 0 saturated carbocycles. The Balaban J connectivity index is 1.77. The molecule has 4 rings (SSSR count). The van der Waals surface area contributed by atoms with Crippen LogP contribution in [0.25, 0.3) is 11.3 Å². The molecule has 0 aliphatic rings. The third kappa shape index (κ3) is 6.35. The van der Waals surface area contributed by atoms with E-state index in [1.54, 1.807) is 53.1 Å². The second-order valence-electron chi connectivity index (χ2n) is 10.2. The molecule has 1 amide bonds. The highest BCUT2D eigenvalue weighted by atomic mass is 35.5. The summed E-state index contributed by atoms with van der Waals surface area (Å²) in [6.07, 6.45) is 2.84. The first kappa shape index (κ1) is 28.8. The SMILES string of the molecule is CN(C)C(=O)c1cc(-c2cc(NCc3ccc(Cl)s3)n(C(=O)C(C)(C)C)n2)cc(=O)n1CC(=O)c1ncccn1. The van der Waals surface area contributed by atoms with E-state index in [4.69, 9.17) is 11.6 Å². The number of nitrogens with one attached hydrogen (secondary N) is 1. The van der Waals surface area contributed by atoms with E-state index >= 15 is 0 Å². The molecule has 4 aromatic rings. The van der Waals surface area contributed by atoms with E-state index in [9.17, 15) is 19.2 Å². The normalized spacial score (nSPS) is 11.3. The number of rotatable bonds is 8. The lowest BCUT2D eigenvalue weighted by atomic mass is 9.96. The first-order valence-corrected chi connectivity index (χ1v) is 13.4. The molecule has 11 nitrogen and oxygen atoms in total. The zero-order valence-corrected chi connectivity index (χ0v) is 24.2.